The third-order valence-electron chi connectivity index (χ3n) is 2.93. The first-order valence-corrected chi connectivity index (χ1v) is 8.29. The summed E-state index contributed by atoms with van der Waals surface area (Å²) < 4.78 is 26.1. The molecule has 0 amide bonds. The fourth-order valence-electron chi connectivity index (χ4n) is 1.82. The highest BCUT2D eigenvalue weighted by atomic mass is 32.2. The summed E-state index contributed by atoms with van der Waals surface area (Å²) in [4.78, 5) is 5.37. The Hall–Kier alpha value is -1.92. The van der Waals surface area contributed by atoms with Gasteiger partial charge >= 0.3 is 0 Å². The fourth-order valence-corrected chi connectivity index (χ4v) is 3.64. The van der Waals surface area contributed by atoms with Crippen LogP contribution in [0.3, 0.4) is 0 Å². The molecule has 0 atom stereocenters. The van der Waals surface area contributed by atoms with Crippen LogP contribution in [0.2, 0.25) is 0 Å². The predicted molar refractivity (Wildman–Crippen MR) is 79.3 cm³/mol. The van der Waals surface area contributed by atoms with E-state index in [1.807, 2.05) is 24.4 Å². The molecule has 2 aromatic heterocycles. The number of benzene rings is 1. The largest absolute Gasteiger partial charge is 0.268 e. The topological polar surface area (TPSA) is 52.0 Å². The zero-order chi connectivity index (χ0) is 14.2. The average molecular weight is 304 g/mol. The van der Waals surface area contributed by atoms with Gasteiger partial charge in [-0.15, -0.1) is 11.3 Å². The number of hydrogen-bond acceptors (Lipinski definition) is 4. The lowest BCUT2D eigenvalue weighted by Crippen LogP contribution is -2.10. The van der Waals surface area contributed by atoms with Crippen LogP contribution in [0.25, 0.3) is 10.6 Å². The van der Waals surface area contributed by atoms with Gasteiger partial charge in [-0.2, -0.15) is 0 Å². The van der Waals surface area contributed by atoms with E-state index in [9.17, 15) is 8.42 Å². The second kappa shape index (κ2) is 4.88. The second-order valence-corrected chi connectivity index (χ2v) is 7.18. The minimum atomic E-state index is -3.57. The Morgan fingerprint density at radius 2 is 1.90 bits per heavy atom. The first-order chi connectivity index (χ1) is 9.57. The fraction of sp³-hybridized carbons (Fsp3) is 0.0714. The van der Waals surface area contributed by atoms with Gasteiger partial charge in [-0.3, -0.25) is 0 Å². The van der Waals surface area contributed by atoms with E-state index in [0.717, 1.165) is 14.4 Å². The Kier molecular flexibility index (Phi) is 3.19. The highest BCUT2D eigenvalue weighted by molar-refractivity contribution is 7.90. The molecular formula is C14H12N2O2S2. The molecule has 1 aromatic carbocycles. The molecule has 0 aliphatic carbocycles. The van der Waals surface area contributed by atoms with Crippen molar-refractivity contribution in [2.75, 3.05) is 0 Å². The summed E-state index contributed by atoms with van der Waals surface area (Å²) in [5, 5.41) is 1.93. The highest BCUT2D eigenvalue weighted by Gasteiger charge is 2.17. The molecule has 0 unspecified atom stereocenters. The minimum Gasteiger partial charge on any atom is -0.235 e. The molecule has 0 saturated carbocycles. The van der Waals surface area contributed by atoms with Crippen molar-refractivity contribution in [3.8, 4) is 10.6 Å². The number of nitrogens with zero attached hydrogens (tertiary/aromatic N) is 2. The Bertz CT molecular complexity index is 816. The van der Waals surface area contributed by atoms with E-state index in [1.54, 1.807) is 30.5 Å². The second-order valence-electron chi connectivity index (χ2n) is 4.38. The SMILES string of the molecule is Cc1ccc(S(=O)(=O)n2cnc(-c3cccs3)c2)cc1. The van der Waals surface area contributed by atoms with Crippen molar-refractivity contribution in [2.45, 2.75) is 11.8 Å². The first kappa shape index (κ1) is 13.1. The van der Waals surface area contributed by atoms with Crippen molar-refractivity contribution in [1.82, 2.24) is 8.96 Å². The van der Waals surface area contributed by atoms with Gasteiger partial charge in [-0.1, -0.05) is 23.8 Å². The number of thiophene rings is 1. The van der Waals surface area contributed by atoms with Crippen molar-refractivity contribution in [3.05, 3.63) is 59.9 Å². The average Bonchev–Trinajstić information content (AvgIpc) is 3.10. The number of aryl methyl sites for hydroxylation is 1. The zero-order valence-electron chi connectivity index (χ0n) is 10.7. The van der Waals surface area contributed by atoms with Crippen LogP contribution in [0.15, 0.2) is 59.2 Å². The Morgan fingerprint density at radius 1 is 1.15 bits per heavy atom. The summed E-state index contributed by atoms with van der Waals surface area (Å²) in [6.07, 6.45) is 2.88. The lowest BCUT2D eigenvalue weighted by atomic mass is 10.2. The molecule has 0 radical (unpaired) electrons. The van der Waals surface area contributed by atoms with Gasteiger partial charge in [0.2, 0.25) is 0 Å². The van der Waals surface area contributed by atoms with Gasteiger partial charge in [0.15, 0.2) is 0 Å². The molecule has 0 fully saturated rings. The van der Waals surface area contributed by atoms with Crippen LogP contribution < -0.4 is 0 Å². The van der Waals surface area contributed by atoms with Crippen LogP contribution in [0.1, 0.15) is 5.56 Å². The predicted octanol–water partition coefficient (Wildman–Crippen LogP) is 3.16. The van der Waals surface area contributed by atoms with Crippen molar-refractivity contribution in [2.24, 2.45) is 0 Å². The monoisotopic (exact) mass is 304 g/mol. The van der Waals surface area contributed by atoms with Gasteiger partial charge in [0.1, 0.15) is 6.33 Å². The third-order valence-corrected chi connectivity index (χ3v) is 5.45. The molecule has 0 spiro atoms. The zero-order valence-corrected chi connectivity index (χ0v) is 12.4. The first-order valence-electron chi connectivity index (χ1n) is 5.97. The highest BCUT2D eigenvalue weighted by Crippen LogP contribution is 2.24. The van der Waals surface area contributed by atoms with Gasteiger partial charge in [-0.25, -0.2) is 17.4 Å². The molecule has 0 aliphatic rings. The van der Waals surface area contributed by atoms with Crippen LogP contribution in [-0.2, 0) is 10.0 Å². The van der Waals surface area contributed by atoms with E-state index < -0.39 is 10.0 Å². The lowest BCUT2D eigenvalue weighted by Gasteiger charge is -2.04. The van der Waals surface area contributed by atoms with Crippen molar-refractivity contribution in [3.63, 3.8) is 0 Å². The van der Waals surface area contributed by atoms with Crippen molar-refractivity contribution >= 4 is 21.4 Å². The molecule has 0 saturated heterocycles. The Balaban J connectivity index is 2.02. The molecular weight excluding hydrogens is 292 g/mol. The molecule has 20 heavy (non-hydrogen) atoms. The standard InChI is InChI=1S/C14H12N2O2S2/c1-11-4-6-12(7-5-11)20(17,18)16-9-13(15-10-16)14-3-2-8-19-14/h2-10H,1H3. The maximum absolute atomic E-state index is 12.5. The summed E-state index contributed by atoms with van der Waals surface area (Å²) in [7, 11) is -3.57. The summed E-state index contributed by atoms with van der Waals surface area (Å²) in [6, 6.07) is 10.6. The van der Waals surface area contributed by atoms with E-state index in [2.05, 4.69) is 4.98 Å². The van der Waals surface area contributed by atoms with Gasteiger partial charge < -0.3 is 0 Å². The van der Waals surface area contributed by atoms with Crippen molar-refractivity contribution < 1.29 is 8.42 Å². The van der Waals surface area contributed by atoms with Gasteiger partial charge in [-0.05, 0) is 30.5 Å². The summed E-state index contributed by atoms with van der Waals surface area (Å²) >= 11 is 1.53. The summed E-state index contributed by atoms with van der Waals surface area (Å²) in [5.74, 6) is 0. The van der Waals surface area contributed by atoms with Crippen LogP contribution in [0.4, 0.5) is 0 Å². The number of rotatable bonds is 3. The summed E-state index contributed by atoms with van der Waals surface area (Å²) in [5.41, 5.74) is 1.68. The maximum Gasteiger partial charge on any atom is 0.268 e. The molecule has 3 aromatic rings. The number of aromatic nitrogens is 2. The lowest BCUT2D eigenvalue weighted by molar-refractivity contribution is 0.587. The smallest absolute Gasteiger partial charge is 0.235 e. The van der Waals surface area contributed by atoms with Crippen molar-refractivity contribution in [1.29, 1.82) is 0 Å². The van der Waals surface area contributed by atoms with Crippen LogP contribution in [0, 0.1) is 6.92 Å². The van der Waals surface area contributed by atoms with Gasteiger partial charge in [0.05, 0.1) is 15.5 Å². The summed E-state index contributed by atoms with van der Waals surface area (Å²) in [6.45, 7) is 1.92. The maximum atomic E-state index is 12.5. The van der Waals surface area contributed by atoms with Gasteiger partial charge in [0.25, 0.3) is 10.0 Å². The normalized spacial score (nSPS) is 11.7. The van der Waals surface area contributed by atoms with E-state index in [-0.39, 0.29) is 4.90 Å². The molecule has 0 bridgehead atoms. The molecule has 6 heteroatoms. The Morgan fingerprint density at radius 3 is 2.55 bits per heavy atom. The number of imidazole rings is 1. The van der Waals surface area contributed by atoms with E-state index >= 15 is 0 Å². The molecule has 2 heterocycles. The molecule has 0 N–H and O–H groups in total. The van der Waals surface area contributed by atoms with E-state index in [0.29, 0.717) is 5.69 Å². The Labute approximate surface area is 121 Å². The molecule has 102 valence electrons. The van der Waals surface area contributed by atoms with Crippen LogP contribution in [-0.4, -0.2) is 17.4 Å². The molecule has 4 nitrogen and oxygen atoms in total. The van der Waals surface area contributed by atoms with E-state index in [1.165, 1.54) is 17.7 Å². The van der Waals surface area contributed by atoms with E-state index in [4.69, 9.17) is 0 Å². The van der Waals surface area contributed by atoms with Crippen LogP contribution in [0.5, 0.6) is 0 Å². The van der Waals surface area contributed by atoms with Crippen LogP contribution >= 0.6 is 11.3 Å². The van der Waals surface area contributed by atoms with Gasteiger partial charge in [0, 0.05) is 6.20 Å². The number of hydrogen-bond donors (Lipinski definition) is 0. The molecule has 3 rings (SSSR count). The molecule has 0 aliphatic heterocycles. The quantitative estimate of drug-likeness (QED) is 0.747. The third kappa shape index (κ3) is 2.28. The minimum absolute atomic E-state index is 0.262.